The van der Waals surface area contributed by atoms with Crippen LogP contribution in [0.25, 0.3) is 0 Å². The van der Waals surface area contributed by atoms with Crippen LogP contribution in [0.3, 0.4) is 0 Å². The lowest BCUT2D eigenvalue weighted by Gasteiger charge is -2.09. The number of carboxylic acids is 1. The number of ether oxygens (including phenoxy) is 1. The molecule has 0 aliphatic heterocycles. The number of furan rings is 2. The Labute approximate surface area is 185 Å². The fraction of sp³-hybridized carbons (Fsp3) is 0.600. The van der Waals surface area contributed by atoms with Crippen LogP contribution in [0.15, 0.2) is 8.83 Å². The molecule has 0 radical (unpaired) electrons. The molecule has 1 N–H and O–H groups in total. The van der Waals surface area contributed by atoms with Crippen molar-refractivity contribution in [2.24, 2.45) is 0 Å². The maximum Gasteiger partial charge on any atom is 0.341 e. The van der Waals surface area contributed by atoms with Crippen LogP contribution in [0.1, 0.15) is 108 Å². The van der Waals surface area contributed by atoms with Crippen LogP contribution in [-0.2, 0) is 43.3 Å². The molecule has 2 heterocycles. The van der Waals surface area contributed by atoms with Crippen LogP contribution in [0.5, 0.6) is 0 Å². The summed E-state index contributed by atoms with van der Waals surface area (Å²) in [5, 5.41) is 9.08. The summed E-state index contributed by atoms with van der Waals surface area (Å²) >= 11 is 0. The molecular formula is C25H36O6. The average molecular weight is 433 g/mol. The number of hydrogen-bond donors (Lipinski definition) is 1. The minimum atomic E-state index is -0.839. The van der Waals surface area contributed by atoms with Crippen molar-refractivity contribution < 1.29 is 28.3 Å². The smallest absolute Gasteiger partial charge is 0.341 e. The molecule has 2 aromatic heterocycles. The van der Waals surface area contributed by atoms with Crippen LogP contribution in [0.4, 0.5) is 0 Å². The second kappa shape index (κ2) is 11.8. The van der Waals surface area contributed by atoms with Gasteiger partial charge in [0.05, 0.1) is 7.11 Å². The van der Waals surface area contributed by atoms with E-state index in [9.17, 15) is 9.59 Å². The topological polar surface area (TPSA) is 89.9 Å². The van der Waals surface area contributed by atoms with Crippen LogP contribution in [0.2, 0.25) is 0 Å². The van der Waals surface area contributed by atoms with E-state index in [1.54, 1.807) is 0 Å². The molecule has 31 heavy (non-hydrogen) atoms. The van der Waals surface area contributed by atoms with Crippen molar-refractivity contribution in [2.75, 3.05) is 7.11 Å². The van der Waals surface area contributed by atoms with Crippen molar-refractivity contribution >= 4 is 11.9 Å². The summed E-state index contributed by atoms with van der Waals surface area (Å²) in [5.74, 6) is 2.25. The van der Waals surface area contributed by atoms with Crippen molar-refractivity contribution in [3.8, 4) is 0 Å². The molecule has 6 heteroatoms. The third kappa shape index (κ3) is 5.41. The zero-order valence-corrected chi connectivity index (χ0v) is 19.6. The Hall–Kier alpha value is -2.50. The lowest BCUT2D eigenvalue weighted by molar-refractivity contribution is 0.0596. The van der Waals surface area contributed by atoms with Gasteiger partial charge in [-0.3, -0.25) is 0 Å². The first-order valence-corrected chi connectivity index (χ1v) is 11.6. The molecule has 0 aromatic carbocycles. The lowest BCUT2D eigenvalue weighted by Crippen LogP contribution is -2.09. The lowest BCUT2D eigenvalue weighted by atomic mass is 9.94. The maximum absolute atomic E-state index is 11.6. The summed E-state index contributed by atoms with van der Waals surface area (Å²) in [6, 6.07) is 0. The summed E-state index contributed by atoms with van der Waals surface area (Å²) in [6.45, 7) is 7.92. The van der Waals surface area contributed by atoms with Gasteiger partial charge in [0.1, 0.15) is 34.2 Å². The number of carbonyl (C=O) groups excluding carboxylic acids is 1. The Morgan fingerprint density at radius 1 is 0.806 bits per heavy atom. The van der Waals surface area contributed by atoms with E-state index in [2.05, 4.69) is 0 Å². The SMILES string of the molecule is CC.CCc1oc2c(c1C(=O)O)CCCC2.CCc1oc2c(c1C(=O)OC)CCCC2. The van der Waals surface area contributed by atoms with Crippen LogP contribution in [-0.4, -0.2) is 24.2 Å². The third-order valence-corrected chi connectivity index (χ3v) is 5.73. The predicted molar refractivity (Wildman–Crippen MR) is 119 cm³/mol. The summed E-state index contributed by atoms with van der Waals surface area (Å²) in [7, 11) is 1.42. The van der Waals surface area contributed by atoms with E-state index in [1.807, 2.05) is 27.7 Å². The van der Waals surface area contributed by atoms with Gasteiger partial charge in [0.15, 0.2) is 0 Å². The van der Waals surface area contributed by atoms with Crippen molar-refractivity contribution in [1.82, 2.24) is 0 Å². The molecule has 4 rings (SSSR count). The fourth-order valence-corrected chi connectivity index (χ4v) is 4.33. The van der Waals surface area contributed by atoms with Crippen molar-refractivity contribution in [3.05, 3.63) is 45.3 Å². The highest BCUT2D eigenvalue weighted by Gasteiger charge is 2.27. The number of esters is 1. The number of aryl methyl sites for hydroxylation is 4. The molecule has 0 saturated heterocycles. The molecule has 0 unspecified atom stereocenters. The Morgan fingerprint density at radius 3 is 1.65 bits per heavy atom. The van der Waals surface area contributed by atoms with Crippen LogP contribution >= 0.6 is 0 Å². The summed E-state index contributed by atoms with van der Waals surface area (Å²) in [4.78, 5) is 22.7. The Kier molecular flexibility index (Phi) is 9.41. The van der Waals surface area contributed by atoms with Crippen molar-refractivity contribution in [3.63, 3.8) is 0 Å². The maximum atomic E-state index is 11.6. The number of hydrogen-bond acceptors (Lipinski definition) is 5. The first-order valence-electron chi connectivity index (χ1n) is 11.6. The standard InChI is InChI=1S/C12H16O3.C11H14O3.C2H6/c1-3-9-11(12(13)14-2)8-6-4-5-7-10(8)15-9;1-2-8-10(11(12)13)7-5-3-4-6-9(7)14-8;1-2/h3-7H2,1-2H3;2-6H2,1H3,(H,12,13);1-2H3. The quantitative estimate of drug-likeness (QED) is 0.600. The molecule has 172 valence electrons. The Balaban J connectivity index is 0.000000204. The molecule has 0 fully saturated rings. The van der Waals surface area contributed by atoms with E-state index in [4.69, 9.17) is 18.7 Å². The van der Waals surface area contributed by atoms with Gasteiger partial charge in [-0.2, -0.15) is 0 Å². The summed E-state index contributed by atoms with van der Waals surface area (Å²) < 4.78 is 16.1. The summed E-state index contributed by atoms with van der Waals surface area (Å²) in [6.07, 6.45) is 9.56. The number of carboxylic acid groups (broad SMARTS) is 1. The van der Waals surface area contributed by atoms with Crippen molar-refractivity contribution in [2.45, 2.75) is 91.9 Å². The normalized spacial score (nSPS) is 14.2. The van der Waals surface area contributed by atoms with Gasteiger partial charge in [-0.25, -0.2) is 9.59 Å². The highest BCUT2D eigenvalue weighted by Crippen LogP contribution is 2.31. The van der Waals surface area contributed by atoms with Gasteiger partial charge < -0.3 is 18.7 Å². The second-order valence-corrected chi connectivity index (χ2v) is 7.52. The summed E-state index contributed by atoms with van der Waals surface area (Å²) in [5.41, 5.74) is 3.16. The molecule has 0 saturated carbocycles. The van der Waals surface area contributed by atoms with Gasteiger partial charge in [0, 0.05) is 36.8 Å². The van der Waals surface area contributed by atoms with E-state index >= 15 is 0 Å². The van der Waals surface area contributed by atoms with Gasteiger partial charge in [-0.15, -0.1) is 0 Å². The number of rotatable bonds is 4. The molecular weight excluding hydrogens is 396 g/mol. The van der Waals surface area contributed by atoms with Gasteiger partial charge in [0.2, 0.25) is 0 Å². The molecule has 2 aliphatic carbocycles. The van der Waals surface area contributed by atoms with E-state index in [0.29, 0.717) is 23.3 Å². The number of fused-ring (bicyclic) bond motifs is 2. The minimum Gasteiger partial charge on any atom is -0.478 e. The van der Waals surface area contributed by atoms with E-state index < -0.39 is 5.97 Å². The van der Waals surface area contributed by atoms with E-state index in [1.165, 1.54) is 7.11 Å². The van der Waals surface area contributed by atoms with Gasteiger partial charge in [0.25, 0.3) is 0 Å². The second-order valence-electron chi connectivity index (χ2n) is 7.52. The molecule has 0 atom stereocenters. The third-order valence-electron chi connectivity index (χ3n) is 5.73. The Morgan fingerprint density at radius 2 is 1.23 bits per heavy atom. The van der Waals surface area contributed by atoms with Gasteiger partial charge >= 0.3 is 11.9 Å². The molecule has 0 amide bonds. The Bertz CT molecular complexity index is 886. The van der Waals surface area contributed by atoms with Crippen LogP contribution in [0, 0.1) is 0 Å². The number of aromatic carboxylic acids is 1. The minimum absolute atomic E-state index is 0.251. The molecule has 2 aromatic rings. The van der Waals surface area contributed by atoms with Crippen molar-refractivity contribution in [1.29, 1.82) is 0 Å². The monoisotopic (exact) mass is 432 g/mol. The molecule has 2 aliphatic rings. The number of methoxy groups -OCH3 is 1. The fourth-order valence-electron chi connectivity index (χ4n) is 4.33. The van der Waals surface area contributed by atoms with Crippen LogP contribution < -0.4 is 0 Å². The first-order chi connectivity index (χ1) is 15.0. The average Bonchev–Trinajstić information content (AvgIpc) is 3.38. The molecule has 0 spiro atoms. The van der Waals surface area contributed by atoms with E-state index in [-0.39, 0.29) is 5.97 Å². The highest BCUT2D eigenvalue weighted by molar-refractivity contribution is 5.92. The van der Waals surface area contributed by atoms with E-state index in [0.717, 1.165) is 86.2 Å². The molecule has 0 bridgehead atoms. The zero-order chi connectivity index (χ0) is 23.0. The predicted octanol–water partition coefficient (Wildman–Crippen LogP) is 5.95. The van der Waals surface area contributed by atoms with Gasteiger partial charge in [-0.05, 0) is 38.5 Å². The number of carbonyl (C=O) groups is 2. The first kappa shape index (κ1) is 24.8. The van der Waals surface area contributed by atoms with Gasteiger partial charge in [-0.1, -0.05) is 27.7 Å². The largest absolute Gasteiger partial charge is 0.478 e. The highest BCUT2D eigenvalue weighted by atomic mass is 16.5. The molecule has 6 nitrogen and oxygen atoms in total. The zero-order valence-electron chi connectivity index (χ0n) is 19.6.